The molecule has 3 fully saturated rings. The van der Waals surface area contributed by atoms with Gasteiger partial charge in [-0.3, -0.25) is 4.90 Å². The zero-order valence-corrected chi connectivity index (χ0v) is 16.4. The summed E-state index contributed by atoms with van der Waals surface area (Å²) in [5.74, 6) is -1.23. The first-order valence-corrected chi connectivity index (χ1v) is 9.18. The van der Waals surface area contributed by atoms with Crippen molar-refractivity contribution in [3.63, 3.8) is 0 Å². The van der Waals surface area contributed by atoms with Gasteiger partial charge in [-0.05, 0) is 48.0 Å². The Kier molecular flexibility index (Phi) is 4.74. The molecular formula is C18H29NO7. The molecule has 3 aliphatic heterocycles. The smallest absolute Gasteiger partial charge is 0.413 e. The van der Waals surface area contributed by atoms with Gasteiger partial charge in [0.05, 0.1) is 13.2 Å². The van der Waals surface area contributed by atoms with Gasteiger partial charge in [-0.15, -0.1) is 0 Å². The predicted octanol–water partition coefficient (Wildman–Crippen LogP) is 2.20. The summed E-state index contributed by atoms with van der Waals surface area (Å²) in [5.41, 5.74) is -1.79. The standard InChI is InChI=1S/C18H29NO7/c1-7-22-14(20)11-8-9-18(19(11)15(21)26-16(2,3)4)13-12(10-23-18)24-17(5,6)25-13/h11-13H,7-10H2,1-6H3/t11-,12+,13+,18+/m1/s1. The summed E-state index contributed by atoms with van der Waals surface area (Å²) in [6.07, 6.45) is -0.510. The number of hydrogen-bond acceptors (Lipinski definition) is 7. The van der Waals surface area contributed by atoms with Crippen LogP contribution in [0.4, 0.5) is 4.79 Å². The SMILES string of the molecule is CCOC(=O)[C@H]1CC[C@@]2(OC[C@@H]3OC(C)(C)O[C@@H]32)N1C(=O)OC(C)(C)C. The minimum Gasteiger partial charge on any atom is -0.464 e. The molecule has 0 saturated carbocycles. The molecule has 0 unspecified atom stereocenters. The van der Waals surface area contributed by atoms with Crippen LogP contribution in [-0.2, 0) is 28.5 Å². The van der Waals surface area contributed by atoms with Crippen LogP contribution >= 0.6 is 0 Å². The van der Waals surface area contributed by atoms with Crippen molar-refractivity contribution in [1.82, 2.24) is 4.90 Å². The molecule has 3 saturated heterocycles. The van der Waals surface area contributed by atoms with Gasteiger partial charge in [0.1, 0.15) is 23.9 Å². The van der Waals surface area contributed by atoms with Gasteiger partial charge in [0, 0.05) is 6.42 Å². The van der Waals surface area contributed by atoms with Crippen LogP contribution in [0.2, 0.25) is 0 Å². The molecule has 0 radical (unpaired) electrons. The molecule has 3 rings (SSSR count). The summed E-state index contributed by atoms with van der Waals surface area (Å²) < 4.78 is 28.7. The summed E-state index contributed by atoms with van der Waals surface area (Å²) in [5, 5.41) is 0. The molecule has 1 spiro atoms. The predicted molar refractivity (Wildman–Crippen MR) is 90.2 cm³/mol. The quantitative estimate of drug-likeness (QED) is 0.688. The number of hydrogen-bond donors (Lipinski definition) is 0. The van der Waals surface area contributed by atoms with E-state index in [1.807, 2.05) is 13.8 Å². The number of esters is 1. The zero-order valence-electron chi connectivity index (χ0n) is 16.4. The first-order valence-electron chi connectivity index (χ1n) is 9.18. The van der Waals surface area contributed by atoms with Crippen LogP contribution in [0, 0.1) is 0 Å². The normalized spacial score (nSPS) is 35.6. The van der Waals surface area contributed by atoms with Gasteiger partial charge in [-0.1, -0.05) is 0 Å². The van der Waals surface area contributed by atoms with Crippen LogP contribution in [0.3, 0.4) is 0 Å². The molecule has 8 heteroatoms. The Balaban J connectivity index is 1.93. The van der Waals surface area contributed by atoms with E-state index in [1.54, 1.807) is 27.7 Å². The molecule has 26 heavy (non-hydrogen) atoms. The third-order valence-corrected chi connectivity index (χ3v) is 4.77. The molecule has 0 bridgehead atoms. The monoisotopic (exact) mass is 371 g/mol. The molecule has 1 amide bonds. The van der Waals surface area contributed by atoms with Gasteiger partial charge in [0.2, 0.25) is 0 Å². The average molecular weight is 371 g/mol. The zero-order chi connectivity index (χ0) is 19.3. The van der Waals surface area contributed by atoms with Gasteiger partial charge in [-0.25, -0.2) is 9.59 Å². The molecule has 0 aliphatic carbocycles. The van der Waals surface area contributed by atoms with E-state index in [9.17, 15) is 9.59 Å². The van der Waals surface area contributed by atoms with E-state index in [0.717, 1.165) is 0 Å². The van der Waals surface area contributed by atoms with E-state index in [-0.39, 0.29) is 12.7 Å². The van der Waals surface area contributed by atoms with E-state index >= 15 is 0 Å². The Hall–Kier alpha value is -1.38. The second kappa shape index (κ2) is 6.35. The fraction of sp³-hybridized carbons (Fsp3) is 0.889. The van der Waals surface area contributed by atoms with Crippen molar-refractivity contribution in [2.24, 2.45) is 0 Å². The molecule has 148 valence electrons. The van der Waals surface area contributed by atoms with Gasteiger partial charge in [0.15, 0.2) is 11.5 Å². The summed E-state index contributed by atoms with van der Waals surface area (Å²) in [6, 6.07) is -0.768. The number of carbonyl (C=O) groups is 2. The Bertz CT molecular complexity index is 585. The van der Waals surface area contributed by atoms with E-state index in [4.69, 9.17) is 23.7 Å². The van der Waals surface area contributed by atoms with Crippen molar-refractivity contribution < 1.29 is 33.3 Å². The maximum atomic E-state index is 13.0. The van der Waals surface area contributed by atoms with Crippen LogP contribution in [0.1, 0.15) is 54.4 Å². The first kappa shape index (κ1) is 19.4. The lowest BCUT2D eigenvalue weighted by Gasteiger charge is -2.40. The van der Waals surface area contributed by atoms with Gasteiger partial charge in [0.25, 0.3) is 0 Å². The number of ether oxygens (including phenoxy) is 5. The first-order chi connectivity index (χ1) is 12.0. The second-order valence-electron chi connectivity index (χ2n) is 8.41. The fourth-order valence-corrected chi connectivity index (χ4v) is 3.98. The van der Waals surface area contributed by atoms with Crippen LogP contribution in [-0.4, -0.2) is 65.5 Å². The molecular weight excluding hydrogens is 342 g/mol. The van der Waals surface area contributed by atoms with Crippen molar-refractivity contribution in [3.8, 4) is 0 Å². The number of amides is 1. The Labute approximate surface area is 154 Å². The number of carbonyl (C=O) groups excluding carboxylic acids is 2. The van der Waals surface area contributed by atoms with E-state index < -0.39 is 41.3 Å². The van der Waals surface area contributed by atoms with Crippen molar-refractivity contribution in [1.29, 1.82) is 0 Å². The molecule has 8 nitrogen and oxygen atoms in total. The average Bonchev–Trinajstić information content (AvgIpc) is 3.11. The molecule has 0 aromatic rings. The molecule has 0 aromatic heterocycles. The van der Waals surface area contributed by atoms with Crippen molar-refractivity contribution >= 4 is 12.1 Å². The summed E-state index contributed by atoms with van der Waals surface area (Å²) in [7, 11) is 0. The summed E-state index contributed by atoms with van der Waals surface area (Å²) in [4.78, 5) is 26.9. The Morgan fingerprint density at radius 3 is 2.54 bits per heavy atom. The molecule has 4 atom stereocenters. The fourth-order valence-electron chi connectivity index (χ4n) is 3.98. The summed E-state index contributed by atoms with van der Waals surface area (Å²) >= 11 is 0. The third-order valence-electron chi connectivity index (χ3n) is 4.77. The largest absolute Gasteiger partial charge is 0.464 e. The number of likely N-dealkylation sites (tertiary alicyclic amines) is 1. The lowest BCUT2D eigenvalue weighted by Crippen LogP contribution is -2.60. The van der Waals surface area contributed by atoms with Crippen LogP contribution < -0.4 is 0 Å². The minimum atomic E-state index is -1.09. The number of fused-ring (bicyclic) bond motifs is 2. The van der Waals surface area contributed by atoms with Crippen LogP contribution in [0.5, 0.6) is 0 Å². The van der Waals surface area contributed by atoms with Gasteiger partial charge in [-0.2, -0.15) is 0 Å². The van der Waals surface area contributed by atoms with Crippen LogP contribution in [0.15, 0.2) is 0 Å². The molecule has 3 heterocycles. The van der Waals surface area contributed by atoms with E-state index in [2.05, 4.69) is 0 Å². The Morgan fingerprint density at radius 2 is 1.92 bits per heavy atom. The van der Waals surface area contributed by atoms with E-state index in [0.29, 0.717) is 19.4 Å². The van der Waals surface area contributed by atoms with Crippen LogP contribution in [0.25, 0.3) is 0 Å². The van der Waals surface area contributed by atoms with Crippen molar-refractivity contribution in [2.45, 2.75) is 89.7 Å². The number of rotatable bonds is 2. The highest BCUT2D eigenvalue weighted by atomic mass is 16.8. The van der Waals surface area contributed by atoms with Gasteiger partial charge >= 0.3 is 12.1 Å². The second-order valence-corrected chi connectivity index (χ2v) is 8.41. The lowest BCUT2D eigenvalue weighted by atomic mass is 10.0. The summed E-state index contributed by atoms with van der Waals surface area (Å²) in [6.45, 7) is 11.3. The molecule has 3 aliphatic rings. The van der Waals surface area contributed by atoms with Gasteiger partial charge < -0.3 is 23.7 Å². The minimum absolute atomic E-state index is 0.240. The topological polar surface area (TPSA) is 83.5 Å². The molecule has 0 N–H and O–H groups in total. The highest BCUT2D eigenvalue weighted by molar-refractivity contribution is 5.83. The van der Waals surface area contributed by atoms with Crippen molar-refractivity contribution in [3.05, 3.63) is 0 Å². The lowest BCUT2D eigenvalue weighted by molar-refractivity contribution is -0.222. The number of nitrogens with zero attached hydrogens (tertiary/aromatic N) is 1. The molecule has 0 aromatic carbocycles. The van der Waals surface area contributed by atoms with E-state index in [1.165, 1.54) is 4.90 Å². The third kappa shape index (κ3) is 3.30. The maximum Gasteiger partial charge on any atom is 0.413 e. The highest BCUT2D eigenvalue weighted by Gasteiger charge is 2.67. The Morgan fingerprint density at radius 1 is 1.23 bits per heavy atom. The van der Waals surface area contributed by atoms with Crippen molar-refractivity contribution in [2.75, 3.05) is 13.2 Å². The highest BCUT2D eigenvalue weighted by Crippen LogP contribution is 2.49. The maximum absolute atomic E-state index is 13.0.